The van der Waals surface area contributed by atoms with E-state index >= 15 is 0 Å². The number of carbonyl (C=O) groups is 1. The first-order valence-electron chi connectivity index (χ1n) is 10.9. The van der Waals surface area contributed by atoms with Gasteiger partial charge in [0.1, 0.15) is 12.1 Å². The number of hydrogen-bond acceptors (Lipinski definition) is 7. The molecule has 1 aromatic carbocycles. The van der Waals surface area contributed by atoms with Gasteiger partial charge in [-0.1, -0.05) is 32.6 Å². The van der Waals surface area contributed by atoms with Crippen LogP contribution in [-0.2, 0) is 24.3 Å². The molecule has 10 heteroatoms. The van der Waals surface area contributed by atoms with Crippen LogP contribution in [0, 0.1) is 5.07 Å². The van der Waals surface area contributed by atoms with Crippen molar-refractivity contribution in [3.63, 3.8) is 0 Å². The summed E-state index contributed by atoms with van der Waals surface area (Å²) in [6.45, 7) is 1.19. The third-order valence-electron chi connectivity index (χ3n) is 5.52. The lowest BCUT2D eigenvalue weighted by atomic mass is 9.97. The molecule has 34 heavy (non-hydrogen) atoms. The monoisotopic (exact) mass is 512 g/mol. The first kappa shape index (κ1) is 24.4. The topological polar surface area (TPSA) is 97.9 Å². The number of benzene rings is 1. The molecule has 7 nitrogen and oxygen atoms in total. The maximum absolute atomic E-state index is 10.7. The zero-order valence-electron chi connectivity index (χ0n) is 18.7. The van der Waals surface area contributed by atoms with Gasteiger partial charge in [-0.3, -0.25) is 0 Å². The second-order valence-electron chi connectivity index (χ2n) is 7.91. The highest BCUT2D eigenvalue weighted by Gasteiger charge is 2.21. The Labute approximate surface area is 209 Å². The number of anilines is 2. The molecule has 4 heterocycles. The lowest BCUT2D eigenvalue weighted by Crippen LogP contribution is -2.21. The normalized spacial score (nSPS) is 14.6. The molecule has 3 aromatic heterocycles. The van der Waals surface area contributed by atoms with Crippen LogP contribution in [0.5, 0.6) is 0 Å². The van der Waals surface area contributed by atoms with E-state index in [0.717, 1.165) is 47.1 Å². The van der Waals surface area contributed by atoms with Crippen molar-refractivity contribution in [2.75, 3.05) is 18.1 Å². The predicted octanol–water partition coefficient (Wildman–Crippen LogP) is 5.11. The highest BCUT2D eigenvalue weighted by molar-refractivity contribution is 7.19. The van der Waals surface area contributed by atoms with Crippen molar-refractivity contribution in [3.05, 3.63) is 75.1 Å². The number of carbonyl (C=O) groups excluding carboxylic acids is 1. The number of nitrogens with two attached hydrogens (primary N) is 1. The number of aryl methyl sites for hydroxylation is 1. The fourth-order valence-electron chi connectivity index (χ4n) is 3.84. The fourth-order valence-corrected chi connectivity index (χ4v) is 5.42. The molecular formula is C24H26ClN6OPS. The molecule has 0 fully saturated rings. The summed E-state index contributed by atoms with van der Waals surface area (Å²) in [4.78, 5) is 20.5. The molecule has 1 aliphatic heterocycles. The molecular weight excluding hydrogens is 487 g/mol. The minimum Gasteiger partial charge on any atom is -0.384 e. The number of rotatable bonds is 5. The number of halogens is 1. The van der Waals surface area contributed by atoms with Crippen molar-refractivity contribution in [2.24, 2.45) is 0 Å². The lowest BCUT2D eigenvalue weighted by molar-refractivity contribution is -0.108. The van der Waals surface area contributed by atoms with Gasteiger partial charge in [0.25, 0.3) is 0 Å². The summed E-state index contributed by atoms with van der Waals surface area (Å²) in [7, 11) is 5.56. The largest absolute Gasteiger partial charge is 0.384 e. The Bertz CT molecular complexity index is 1350. The number of hydrogen-bond donors (Lipinski definition) is 3. The van der Waals surface area contributed by atoms with E-state index in [0.29, 0.717) is 5.82 Å². The number of aromatic nitrogens is 3. The van der Waals surface area contributed by atoms with E-state index in [-0.39, 0.29) is 12.6 Å². The van der Waals surface area contributed by atoms with Crippen LogP contribution in [-0.4, -0.2) is 27.9 Å². The van der Waals surface area contributed by atoms with Crippen LogP contribution in [0.25, 0.3) is 10.1 Å². The number of pyridine rings is 1. The van der Waals surface area contributed by atoms with Crippen LogP contribution in [0.1, 0.15) is 28.6 Å². The number of thiophene rings is 1. The minimum atomic E-state index is 0.221. The third kappa shape index (κ3) is 5.65. The Kier molecular flexibility index (Phi) is 7.95. The predicted molar refractivity (Wildman–Crippen MR) is 143 cm³/mol. The van der Waals surface area contributed by atoms with E-state index in [2.05, 4.69) is 35.5 Å². The summed E-state index contributed by atoms with van der Waals surface area (Å²) in [5.41, 5.74) is 8.76. The van der Waals surface area contributed by atoms with E-state index in [1.165, 1.54) is 20.5 Å². The molecule has 1 atom stereocenters. The van der Waals surface area contributed by atoms with Gasteiger partial charge in [0.05, 0.1) is 35.4 Å². The smallest absolute Gasteiger partial charge is 0.139 e. The second-order valence-corrected chi connectivity index (χ2v) is 9.99. The summed E-state index contributed by atoms with van der Waals surface area (Å²) in [6.07, 6.45) is 6.25. The lowest BCUT2D eigenvalue weighted by Gasteiger charge is -2.27. The summed E-state index contributed by atoms with van der Waals surface area (Å²) in [5.74, 6) is 0.588. The number of nitrogen functional groups attached to an aromatic ring is 1. The molecule has 0 aliphatic carbocycles. The van der Waals surface area contributed by atoms with Gasteiger partial charge in [-0.25, -0.2) is 9.97 Å². The van der Waals surface area contributed by atoms with Crippen LogP contribution < -0.4 is 16.4 Å². The Hall–Kier alpha value is -2.77. The van der Waals surface area contributed by atoms with Crippen molar-refractivity contribution in [2.45, 2.75) is 32.0 Å². The molecule has 4 aromatic rings. The zero-order valence-corrected chi connectivity index (χ0v) is 21.3. The molecule has 176 valence electrons. The molecule has 5 rings (SSSR count). The van der Waals surface area contributed by atoms with Crippen molar-refractivity contribution < 1.29 is 4.79 Å². The molecule has 0 saturated carbocycles. The number of nitrogens with zero attached hydrogens (tertiary/aromatic N) is 3. The standard InChI is InChI=1S/C15H15ClN3OP.C9H11N3S/c16-11-3-1-10(2-4-11)12-5-6-13-14(18-12)15(21)19(7-8-20)9-17-13;1-11-5-7-2-6-4-12-9(10)3-8(6)13-7/h1-4,8-9,12,18,21H,5-7H2;2-4,11H,5H2,1H3,(H2,10,12)/t12-;/m0./s1. The van der Waals surface area contributed by atoms with Gasteiger partial charge in [-0.05, 0) is 49.7 Å². The van der Waals surface area contributed by atoms with Crippen LogP contribution in [0.15, 0.2) is 48.9 Å². The summed E-state index contributed by atoms with van der Waals surface area (Å²) in [6, 6.07) is 12.2. The molecule has 0 amide bonds. The van der Waals surface area contributed by atoms with Crippen LogP contribution in [0.2, 0.25) is 5.02 Å². The fraction of sp³-hybridized carbons (Fsp3) is 0.250. The van der Waals surface area contributed by atoms with Gasteiger partial charge in [0, 0.05) is 32.7 Å². The third-order valence-corrected chi connectivity index (χ3v) is 7.41. The molecule has 4 N–H and O–H groups in total. The van der Waals surface area contributed by atoms with Crippen LogP contribution in [0.3, 0.4) is 0 Å². The van der Waals surface area contributed by atoms with E-state index in [9.17, 15) is 4.79 Å². The molecule has 0 bridgehead atoms. The molecule has 0 radical (unpaired) electrons. The van der Waals surface area contributed by atoms with Gasteiger partial charge >= 0.3 is 0 Å². The molecule has 0 saturated heterocycles. The van der Waals surface area contributed by atoms with Crippen LogP contribution >= 0.6 is 31.8 Å². The van der Waals surface area contributed by atoms with Crippen LogP contribution in [0.4, 0.5) is 11.5 Å². The van der Waals surface area contributed by atoms with Gasteiger partial charge in [0.2, 0.25) is 0 Å². The number of fused-ring (bicyclic) bond motifs is 2. The molecule has 1 aliphatic rings. The van der Waals surface area contributed by atoms with Crippen molar-refractivity contribution in [1.29, 1.82) is 0 Å². The average Bonchev–Trinajstić information content (AvgIpc) is 3.23. The van der Waals surface area contributed by atoms with Crippen molar-refractivity contribution >= 4 is 59.7 Å². The van der Waals surface area contributed by atoms with E-state index in [4.69, 9.17) is 17.3 Å². The summed E-state index contributed by atoms with van der Waals surface area (Å²) < 4.78 is 2.98. The quantitative estimate of drug-likeness (QED) is 0.254. The average molecular weight is 513 g/mol. The summed E-state index contributed by atoms with van der Waals surface area (Å²) >= 11 is 7.69. The van der Waals surface area contributed by atoms with Gasteiger partial charge in [-0.2, -0.15) is 0 Å². The minimum absolute atomic E-state index is 0.221. The second kappa shape index (κ2) is 11.1. The highest BCUT2D eigenvalue weighted by Crippen LogP contribution is 2.33. The van der Waals surface area contributed by atoms with E-state index in [1.807, 2.05) is 43.6 Å². The molecule has 0 unspecified atom stereocenters. The Balaban J connectivity index is 0.000000180. The number of aldehydes is 1. The van der Waals surface area contributed by atoms with Gasteiger partial charge in [0.15, 0.2) is 0 Å². The molecule has 0 spiro atoms. The zero-order chi connectivity index (χ0) is 24.1. The van der Waals surface area contributed by atoms with E-state index < -0.39 is 0 Å². The summed E-state index contributed by atoms with van der Waals surface area (Å²) in [5, 5.41) is 9.39. The number of nitrogens with one attached hydrogen (secondary N) is 2. The van der Waals surface area contributed by atoms with E-state index in [1.54, 1.807) is 22.2 Å². The Morgan fingerprint density at radius 2 is 2.12 bits per heavy atom. The maximum Gasteiger partial charge on any atom is 0.139 e. The van der Waals surface area contributed by atoms with Crippen molar-refractivity contribution in [1.82, 2.24) is 19.9 Å². The Morgan fingerprint density at radius 3 is 2.85 bits per heavy atom. The van der Waals surface area contributed by atoms with Gasteiger partial charge in [-0.15, -0.1) is 11.3 Å². The SMILES string of the molecule is CNCc1cc2cnc(N)cc2s1.O=CCn1cnc2c(c1=P)N[C@H](c1ccc(Cl)cc1)CC2. The first-order valence-corrected chi connectivity index (χ1v) is 12.5. The highest BCUT2D eigenvalue weighted by atomic mass is 35.5. The van der Waals surface area contributed by atoms with Crippen molar-refractivity contribution in [3.8, 4) is 0 Å². The first-order chi connectivity index (χ1) is 16.5. The Morgan fingerprint density at radius 1 is 1.32 bits per heavy atom. The maximum atomic E-state index is 10.7. The van der Waals surface area contributed by atoms with Gasteiger partial charge < -0.3 is 25.7 Å².